The fourth-order valence-electron chi connectivity index (χ4n) is 4.49. The number of aliphatic carboxylic acids is 1. The van der Waals surface area contributed by atoms with Crippen LogP contribution < -0.4 is 15.0 Å². The Balaban J connectivity index is 1.35. The summed E-state index contributed by atoms with van der Waals surface area (Å²) in [6.07, 6.45) is 0.728. The van der Waals surface area contributed by atoms with Crippen LogP contribution >= 0.6 is 23.2 Å². The Morgan fingerprint density at radius 1 is 1.11 bits per heavy atom. The average molecular weight is 526 g/mol. The Bertz CT molecular complexity index is 1080. The van der Waals surface area contributed by atoms with Crippen molar-refractivity contribution in [3.8, 4) is 5.75 Å². The van der Waals surface area contributed by atoms with Gasteiger partial charge in [0.25, 0.3) is 5.91 Å². The maximum atomic E-state index is 14.2. The van der Waals surface area contributed by atoms with Crippen LogP contribution in [0.15, 0.2) is 36.4 Å². The summed E-state index contributed by atoms with van der Waals surface area (Å²) in [6.45, 7) is 1.16. The number of aliphatic hydroxyl groups excluding tert-OH is 1. The molecule has 2 atom stereocenters. The summed E-state index contributed by atoms with van der Waals surface area (Å²) in [7, 11) is 0. The van der Waals surface area contributed by atoms with Crippen LogP contribution in [-0.4, -0.2) is 78.0 Å². The number of carboxylic acids is 1. The summed E-state index contributed by atoms with van der Waals surface area (Å²) in [6, 6.07) is 9.07. The van der Waals surface area contributed by atoms with Gasteiger partial charge in [0.05, 0.1) is 22.9 Å². The van der Waals surface area contributed by atoms with Crippen molar-refractivity contribution in [2.45, 2.75) is 31.0 Å². The Morgan fingerprint density at radius 2 is 1.80 bits per heavy atom. The SMILES string of the molecule is O=C(O)COc1cc(Cl)c(F)cc1N1C[C@@H](O)[C@H](NC2CCN(C(=O)c3ccc(Cl)cc3)CC2)C1. The molecule has 0 aliphatic carbocycles. The minimum Gasteiger partial charge on any atom is -0.480 e. The summed E-state index contributed by atoms with van der Waals surface area (Å²) >= 11 is 11.8. The number of hydrogen-bond donors (Lipinski definition) is 3. The number of aliphatic hydroxyl groups is 1. The molecule has 35 heavy (non-hydrogen) atoms. The van der Waals surface area contributed by atoms with Gasteiger partial charge >= 0.3 is 5.97 Å². The van der Waals surface area contributed by atoms with Crippen LogP contribution in [0.2, 0.25) is 10.0 Å². The third kappa shape index (κ3) is 6.16. The molecule has 2 saturated heterocycles. The number of β-amino-alcohol motifs (C(OH)–C–C–N with tert-alkyl or cyclic N) is 1. The largest absolute Gasteiger partial charge is 0.480 e. The summed E-state index contributed by atoms with van der Waals surface area (Å²) in [5.74, 6) is -1.72. The van der Waals surface area contributed by atoms with Gasteiger partial charge in [-0.2, -0.15) is 0 Å². The molecule has 2 aliphatic heterocycles. The third-order valence-electron chi connectivity index (χ3n) is 6.31. The lowest BCUT2D eigenvalue weighted by Crippen LogP contribution is -2.50. The molecule has 0 unspecified atom stereocenters. The maximum Gasteiger partial charge on any atom is 0.341 e. The summed E-state index contributed by atoms with van der Waals surface area (Å²) in [5, 5.41) is 23.5. The van der Waals surface area contributed by atoms with Crippen LogP contribution in [0.25, 0.3) is 0 Å². The van der Waals surface area contributed by atoms with E-state index in [1.165, 1.54) is 12.1 Å². The highest BCUT2D eigenvalue weighted by molar-refractivity contribution is 6.31. The van der Waals surface area contributed by atoms with E-state index in [9.17, 15) is 19.1 Å². The van der Waals surface area contributed by atoms with E-state index in [4.69, 9.17) is 33.0 Å². The Hall–Kier alpha value is -2.59. The van der Waals surface area contributed by atoms with Crippen molar-refractivity contribution in [1.29, 1.82) is 0 Å². The minimum atomic E-state index is -1.17. The molecule has 2 aromatic rings. The van der Waals surface area contributed by atoms with Gasteiger partial charge in [-0.05, 0) is 37.1 Å². The highest BCUT2D eigenvalue weighted by Crippen LogP contribution is 2.35. The van der Waals surface area contributed by atoms with Crippen LogP contribution in [-0.2, 0) is 4.79 Å². The lowest BCUT2D eigenvalue weighted by atomic mass is 10.0. The van der Waals surface area contributed by atoms with Crippen molar-refractivity contribution in [3.63, 3.8) is 0 Å². The van der Waals surface area contributed by atoms with Gasteiger partial charge < -0.3 is 30.1 Å². The molecule has 2 heterocycles. The zero-order chi connectivity index (χ0) is 25.1. The van der Waals surface area contributed by atoms with Crippen LogP contribution in [0.5, 0.6) is 5.75 Å². The van der Waals surface area contributed by atoms with Gasteiger partial charge in [0, 0.05) is 54.9 Å². The highest BCUT2D eigenvalue weighted by Gasteiger charge is 2.35. The molecular weight excluding hydrogens is 500 g/mol. The Kier molecular flexibility index (Phi) is 8.01. The van der Waals surface area contributed by atoms with E-state index >= 15 is 0 Å². The number of rotatable bonds is 7. The van der Waals surface area contributed by atoms with E-state index in [1.54, 1.807) is 34.1 Å². The first kappa shape index (κ1) is 25.5. The molecule has 2 fully saturated rings. The zero-order valence-corrected chi connectivity index (χ0v) is 20.3. The number of nitrogens with one attached hydrogen (secondary N) is 1. The maximum absolute atomic E-state index is 14.2. The van der Waals surface area contributed by atoms with E-state index in [1.807, 2.05) is 0 Å². The topological polar surface area (TPSA) is 102 Å². The first-order valence-corrected chi connectivity index (χ1v) is 12.0. The number of likely N-dealkylation sites (tertiary alicyclic amines) is 1. The molecule has 4 rings (SSSR count). The molecule has 1 amide bonds. The van der Waals surface area contributed by atoms with Gasteiger partial charge in [-0.1, -0.05) is 23.2 Å². The second-order valence-electron chi connectivity index (χ2n) is 8.74. The Labute approximate surface area is 212 Å². The number of carbonyl (C=O) groups is 2. The minimum absolute atomic E-state index is 0.0363. The van der Waals surface area contributed by atoms with Crippen LogP contribution in [0.1, 0.15) is 23.2 Å². The summed E-state index contributed by atoms with van der Waals surface area (Å²) < 4.78 is 19.5. The normalized spacial score (nSPS) is 20.8. The fourth-order valence-corrected chi connectivity index (χ4v) is 4.77. The number of carboxylic acid groups (broad SMARTS) is 1. The lowest BCUT2D eigenvalue weighted by molar-refractivity contribution is -0.139. The van der Waals surface area contributed by atoms with Crippen molar-refractivity contribution < 1.29 is 28.9 Å². The van der Waals surface area contributed by atoms with Gasteiger partial charge in [-0.3, -0.25) is 4.79 Å². The van der Waals surface area contributed by atoms with Crippen LogP contribution in [0, 0.1) is 5.82 Å². The molecule has 188 valence electrons. The number of amides is 1. The monoisotopic (exact) mass is 525 g/mol. The number of hydrogen-bond acceptors (Lipinski definition) is 6. The van der Waals surface area contributed by atoms with Gasteiger partial charge in [0.2, 0.25) is 0 Å². The molecule has 2 aliphatic rings. The van der Waals surface area contributed by atoms with Crippen molar-refractivity contribution in [2.75, 3.05) is 37.7 Å². The second kappa shape index (κ2) is 11.0. The number of ether oxygens (including phenoxy) is 1. The summed E-state index contributed by atoms with van der Waals surface area (Å²) in [4.78, 5) is 27.2. The van der Waals surface area contributed by atoms with Crippen molar-refractivity contribution in [2.24, 2.45) is 0 Å². The number of carbonyl (C=O) groups excluding carboxylic acids is 1. The van der Waals surface area contributed by atoms with E-state index in [2.05, 4.69) is 5.32 Å². The molecule has 0 spiro atoms. The van der Waals surface area contributed by atoms with Crippen molar-refractivity contribution >= 4 is 40.8 Å². The molecule has 0 aromatic heterocycles. The van der Waals surface area contributed by atoms with Crippen LogP contribution in [0.3, 0.4) is 0 Å². The predicted molar refractivity (Wildman–Crippen MR) is 130 cm³/mol. The standard InChI is InChI=1S/C24H26Cl2FN3O5/c25-15-3-1-14(2-4-15)24(34)29-7-5-16(6-8-29)28-19-11-30(12-21(19)31)20-10-18(27)17(26)9-22(20)35-13-23(32)33/h1-4,9-10,16,19,21,28,31H,5-8,11-13H2,(H,32,33)/t19-,21-/m1/s1. The Morgan fingerprint density at radius 3 is 2.46 bits per heavy atom. The molecule has 2 aromatic carbocycles. The van der Waals surface area contributed by atoms with Crippen molar-refractivity contribution in [3.05, 3.63) is 57.8 Å². The molecule has 0 saturated carbocycles. The van der Waals surface area contributed by atoms with Crippen LogP contribution in [0.4, 0.5) is 10.1 Å². The first-order valence-electron chi connectivity index (χ1n) is 11.3. The number of benzene rings is 2. The molecule has 3 N–H and O–H groups in total. The molecule has 11 heteroatoms. The molecular formula is C24H26Cl2FN3O5. The fraction of sp³-hybridized carbons (Fsp3) is 0.417. The highest BCUT2D eigenvalue weighted by atomic mass is 35.5. The number of nitrogens with zero attached hydrogens (tertiary/aromatic N) is 2. The van der Waals surface area contributed by atoms with E-state index in [-0.39, 0.29) is 35.3 Å². The van der Waals surface area contributed by atoms with Crippen molar-refractivity contribution in [1.82, 2.24) is 10.2 Å². The summed E-state index contributed by atoms with van der Waals surface area (Å²) in [5.41, 5.74) is 0.929. The molecule has 0 bridgehead atoms. The smallest absolute Gasteiger partial charge is 0.341 e. The lowest BCUT2D eigenvalue weighted by Gasteiger charge is -2.34. The van der Waals surface area contributed by atoms with Gasteiger partial charge in [-0.25, -0.2) is 9.18 Å². The van der Waals surface area contributed by atoms with E-state index in [0.717, 1.165) is 12.8 Å². The number of anilines is 1. The van der Waals surface area contributed by atoms with E-state index in [0.29, 0.717) is 35.9 Å². The molecule has 8 nitrogen and oxygen atoms in total. The third-order valence-corrected chi connectivity index (χ3v) is 6.85. The zero-order valence-electron chi connectivity index (χ0n) is 18.8. The predicted octanol–water partition coefficient (Wildman–Crippen LogP) is 3.04. The van der Waals surface area contributed by atoms with Gasteiger partial charge in [0.1, 0.15) is 11.6 Å². The first-order chi connectivity index (χ1) is 16.7. The second-order valence-corrected chi connectivity index (χ2v) is 9.58. The average Bonchev–Trinajstić information content (AvgIpc) is 3.19. The molecule has 0 radical (unpaired) electrons. The van der Waals surface area contributed by atoms with Gasteiger partial charge in [-0.15, -0.1) is 0 Å². The van der Waals surface area contributed by atoms with Gasteiger partial charge in [0.15, 0.2) is 6.61 Å². The number of piperidine rings is 1. The number of halogens is 3. The van der Waals surface area contributed by atoms with E-state index < -0.39 is 24.5 Å². The quantitative estimate of drug-likeness (QED) is 0.510.